The zero-order chi connectivity index (χ0) is 20.5. The molecular weight excluding hydrogens is 419 g/mol. The Morgan fingerprint density at radius 3 is 2.57 bits per heavy atom. The number of methoxy groups -OCH3 is 1. The van der Waals surface area contributed by atoms with Crippen LogP contribution in [0.3, 0.4) is 0 Å². The number of halogens is 2. The number of nitrogens with zero attached hydrogens (tertiary/aromatic N) is 1. The molecule has 0 atom stereocenters. The number of ether oxygens (including phenoxy) is 2. The van der Waals surface area contributed by atoms with Crippen molar-refractivity contribution < 1.29 is 14.3 Å². The van der Waals surface area contributed by atoms with Crippen LogP contribution in [0.2, 0.25) is 10.0 Å². The van der Waals surface area contributed by atoms with E-state index in [9.17, 15) is 4.79 Å². The van der Waals surface area contributed by atoms with Gasteiger partial charge in [-0.1, -0.05) is 35.3 Å². The fourth-order valence-electron chi connectivity index (χ4n) is 2.51. The van der Waals surface area contributed by atoms with Crippen LogP contribution in [0.15, 0.2) is 40.8 Å². The molecule has 1 N–H and O–H groups in total. The Morgan fingerprint density at radius 1 is 1.14 bits per heavy atom. The minimum atomic E-state index is -0.273. The van der Waals surface area contributed by atoms with Crippen LogP contribution in [0, 0.1) is 0 Å². The molecule has 5 nitrogen and oxygen atoms in total. The molecule has 150 valence electrons. The zero-order valence-electron chi connectivity index (χ0n) is 15.9. The van der Waals surface area contributed by atoms with Crippen molar-refractivity contribution in [3.05, 3.63) is 57.6 Å². The van der Waals surface area contributed by atoms with Crippen molar-refractivity contribution in [2.45, 2.75) is 13.3 Å². The van der Waals surface area contributed by atoms with Crippen molar-refractivity contribution in [2.24, 2.45) is 4.40 Å². The molecule has 0 radical (unpaired) electrons. The number of carbonyl (C=O) groups excluding carboxylic acids is 1. The third-order valence-corrected chi connectivity index (χ3v) is 4.92. The molecule has 8 heteroatoms. The lowest BCUT2D eigenvalue weighted by atomic mass is 10.1. The summed E-state index contributed by atoms with van der Waals surface area (Å²) in [4.78, 5) is 12.6. The molecule has 0 fully saturated rings. The minimum Gasteiger partial charge on any atom is -0.493 e. The number of benzene rings is 2. The molecule has 2 aromatic rings. The van der Waals surface area contributed by atoms with Gasteiger partial charge in [0.1, 0.15) is 5.71 Å². The summed E-state index contributed by atoms with van der Waals surface area (Å²) in [6, 6.07) is 10.7. The molecule has 0 bridgehead atoms. The predicted octanol–water partition coefficient (Wildman–Crippen LogP) is 4.83. The average Bonchev–Trinajstić information content (AvgIpc) is 2.69. The summed E-state index contributed by atoms with van der Waals surface area (Å²) in [7, 11) is 1.60. The molecule has 0 saturated heterocycles. The number of amides is 1. The van der Waals surface area contributed by atoms with Crippen LogP contribution in [-0.4, -0.2) is 38.1 Å². The van der Waals surface area contributed by atoms with E-state index < -0.39 is 0 Å². The molecule has 2 aromatic carbocycles. The first kappa shape index (κ1) is 22.4. The molecule has 1 amide bonds. The smallest absolute Gasteiger partial charge is 0.271 e. The lowest BCUT2D eigenvalue weighted by Gasteiger charge is -2.12. The number of rotatable bonds is 9. The summed E-state index contributed by atoms with van der Waals surface area (Å²) in [6.07, 6.45) is 2.43. The minimum absolute atomic E-state index is 0.273. The first-order valence-electron chi connectivity index (χ1n) is 8.64. The number of nitrogens with one attached hydrogen (secondary N) is 1. The topological polar surface area (TPSA) is 59.9 Å². The standard InChI is InChI=1S/C20H22Cl2N2O3S/c1-4-27-17-8-5-13(11-18(17)26-2)9-10-23-20(25)19(24-28-3)14-6-7-15(21)16(22)12-14/h5-8,11-12H,4,9-10H2,1-3H3,(H,23,25). The van der Waals surface area contributed by atoms with Crippen LogP contribution < -0.4 is 14.8 Å². The third kappa shape index (κ3) is 6.06. The maximum absolute atomic E-state index is 12.6. The van der Waals surface area contributed by atoms with E-state index in [0.29, 0.717) is 52.4 Å². The Balaban J connectivity index is 2.03. The summed E-state index contributed by atoms with van der Waals surface area (Å²) in [6.45, 7) is 2.94. The quantitative estimate of drug-likeness (QED) is 0.448. The summed E-state index contributed by atoms with van der Waals surface area (Å²) in [5.41, 5.74) is 1.94. The van der Waals surface area contributed by atoms with Gasteiger partial charge in [-0.25, -0.2) is 4.40 Å². The summed E-state index contributed by atoms with van der Waals surface area (Å²) in [5.74, 6) is 1.10. The van der Waals surface area contributed by atoms with Crippen molar-refractivity contribution in [2.75, 3.05) is 26.5 Å². The SMILES string of the molecule is CCOc1ccc(CCNC(=O)C(=NSC)c2ccc(Cl)c(Cl)c2)cc1OC. The molecule has 28 heavy (non-hydrogen) atoms. The second-order valence-electron chi connectivity index (χ2n) is 5.68. The second kappa shape index (κ2) is 11.2. The van der Waals surface area contributed by atoms with E-state index >= 15 is 0 Å². The molecule has 0 aliphatic rings. The van der Waals surface area contributed by atoms with E-state index in [1.165, 1.54) is 11.9 Å². The Labute approximate surface area is 179 Å². The van der Waals surface area contributed by atoms with Gasteiger partial charge < -0.3 is 14.8 Å². The molecular formula is C20H22Cl2N2O3S. The number of hydrogen-bond acceptors (Lipinski definition) is 5. The van der Waals surface area contributed by atoms with Gasteiger partial charge in [0.25, 0.3) is 5.91 Å². The van der Waals surface area contributed by atoms with Crippen LogP contribution >= 0.6 is 35.1 Å². The fourth-order valence-corrected chi connectivity index (χ4v) is 3.18. The van der Waals surface area contributed by atoms with Gasteiger partial charge in [-0.2, -0.15) is 0 Å². The highest BCUT2D eigenvalue weighted by molar-refractivity contribution is 7.97. The van der Waals surface area contributed by atoms with Crippen LogP contribution in [0.25, 0.3) is 0 Å². The van der Waals surface area contributed by atoms with Crippen LogP contribution in [0.4, 0.5) is 0 Å². The maximum atomic E-state index is 12.6. The molecule has 0 spiro atoms. The Morgan fingerprint density at radius 2 is 1.93 bits per heavy atom. The second-order valence-corrected chi connectivity index (χ2v) is 7.04. The number of carbonyl (C=O) groups is 1. The molecule has 2 rings (SSSR count). The van der Waals surface area contributed by atoms with Crippen molar-refractivity contribution in [1.82, 2.24) is 5.32 Å². The van der Waals surface area contributed by atoms with Gasteiger partial charge in [-0.05, 0) is 55.1 Å². The van der Waals surface area contributed by atoms with E-state index in [-0.39, 0.29) is 5.91 Å². The van der Waals surface area contributed by atoms with Crippen molar-refractivity contribution in [1.29, 1.82) is 0 Å². The van der Waals surface area contributed by atoms with E-state index in [1.54, 1.807) is 31.6 Å². The summed E-state index contributed by atoms with van der Waals surface area (Å²) >= 11 is 13.2. The Bertz CT molecular complexity index is 859. The monoisotopic (exact) mass is 440 g/mol. The Kier molecular flexibility index (Phi) is 8.96. The highest BCUT2D eigenvalue weighted by Crippen LogP contribution is 2.28. The van der Waals surface area contributed by atoms with E-state index in [1.807, 2.05) is 25.1 Å². The first-order valence-corrected chi connectivity index (χ1v) is 10.6. The molecule has 0 unspecified atom stereocenters. The normalized spacial score (nSPS) is 11.2. The lowest BCUT2D eigenvalue weighted by Crippen LogP contribution is -2.33. The van der Waals surface area contributed by atoms with Gasteiger partial charge in [0.2, 0.25) is 0 Å². The highest BCUT2D eigenvalue weighted by Gasteiger charge is 2.15. The van der Waals surface area contributed by atoms with Gasteiger partial charge in [0.15, 0.2) is 11.5 Å². The predicted molar refractivity (Wildman–Crippen MR) is 117 cm³/mol. The summed E-state index contributed by atoms with van der Waals surface area (Å²) in [5, 5.41) is 3.70. The highest BCUT2D eigenvalue weighted by atomic mass is 35.5. The van der Waals surface area contributed by atoms with Crippen molar-refractivity contribution >= 4 is 46.8 Å². The fraction of sp³-hybridized carbons (Fsp3) is 0.300. The van der Waals surface area contributed by atoms with E-state index in [4.69, 9.17) is 32.7 Å². The van der Waals surface area contributed by atoms with Crippen molar-refractivity contribution in [3.63, 3.8) is 0 Å². The van der Waals surface area contributed by atoms with Gasteiger partial charge in [-0.3, -0.25) is 4.79 Å². The molecule has 0 heterocycles. The van der Waals surface area contributed by atoms with Crippen LogP contribution in [-0.2, 0) is 11.2 Å². The molecule has 0 aromatic heterocycles. The zero-order valence-corrected chi connectivity index (χ0v) is 18.2. The van der Waals surface area contributed by atoms with E-state index in [2.05, 4.69) is 9.71 Å². The Hall–Kier alpha value is -1.89. The van der Waals surface area contributed by atoms with Gasteiger partial charge in [-0.15, -0.1) is 0 Å². The van der Waals surface area contributed by atoms with Gasteiger partial charge >= 0.3 is 0 Å². The van der Waals surface area contributed by atoms with Gasteiger partial charge in [0, 0.05) is 18.4 Å². The number of hydrogen-bond donors (Lipinski definition) is 1. The first-order chi connectivity index (χ1) is 13.5. The summed E-state index contributed by atoms with van der Waals surface area (Å²) < 4.78 is 15.1. The maximum Gasteiger partial charge on any atom is 0.271 e. The van der Waals surface area contributed by atoms with E-state index in [0.717, 1.165) is 5.56 Å². The molecule has 0 aliphatic carbocycles. The van der Waals surface area contributed by atoms with Gasteiger partial charge in [0.05, 0.1) is 23.8 Å². The van der Waals surface area contributed by atoms with Crippen molar-refractivity contribution in [3.8, 4) is 11.5 Å². The lowest BCUT2D eigenvalue weighted by molar-refractivity contribution is -0.114. The molecule has 0 aliphatic heterocycles. The van der Waals surface area contributed by atoms with Crippen LogP contribution in [0.1, 0.15) is 18.1 Å². The molecule has 0 saturated carbocycles. The largest absolute Gasteiger partial charge is 0.493 e. The van der Waals surface area contributed by atoms with Crippen LogP contribution in [0.5, 0.6) is 11.5 Å². The average molecular weight is 441 g/mol. The third-order valence-electron chi connectivity index (χ3n) is 3.82.